The lowest BCUT2D eigenvalue weighted by atomic mass is 10.2. The van der Waals surface area contributed by atoms with Crippen LogP contribution in [0.2, 0.25) is 0 Å². The van der Waals surface area contributed by atoms with E-state index in [4.69, 9.17) is 4.74 Å². The van der Waals surface area contributed by atoms with Crippen LogP contribution < -0.4 is 10.6 Å². The van der Waals surface area contributed by atoms with Crippen LogP contribution in [0.4, 0.5) is 10.5 Å². The number of ether oxygens (including phenoxy) is 2. The van der Waals surface area contributed by atoms with Crippen molar-refractivity contribution in [2.45, 2.75) is 39.2 Å². The van der Waals surface area contributed by atoms with Gasteiger partial charge in [-0.15, -0.1) is 0 Å². The molecule has 1 rings (SSSR count). The fraction of sp³-hybridized carbons (Fsp3) is 0.529. The number of rotatable bonds is 10. The number of unbranched alkanes of at least 4 members (excludes halogenated alkanes) is 2. The molecule has 0 radical (unpaired) electrons. The molecule has 0 aliphatic rings. The van der Waals surface area contributed by atoms with Crippen molar-refractivity contribution in [1.29, 1.82) is 0 Å². The largest absolute Gasteiger partial charge is 0.469 e. The number of esters is 1. The van der Waals surface area contributed by atoms with Gasteiger partial charge in [0, 0.05) is 30.8 Å². The Bertz CT molecular complexity index is 491. The second-order valence-corrected chi connectivity index (χ2v) is 5.06. The highest BCUT2D eigenvalue weighted by atomic mass is 16.5. The van der Waals surface area contributed by atoms with E-state index in [2.05, 4.69) is 15.4 Å². The number of hydrogen-bond donors (Lipinski definition) is 2. The SMILES string of the molecule is CCOCc1ccccc1NC(=O)NCCCCCC(=O)OC. The third-order valence-corrected chi connectivity index (χ3v) is 3.30. The summed E-state index contributed by atoms with van der Waals surface area (Å²) in [5.41, 5.74) is 1.70. The van der Waals surface area contributed by atoms with E-state index in [-0.39, 0.29) is 12.0 Å². The van der Waals surface area contributed by atoms with Crippen molar-refractivity contribution in [2.24, 2.45) is 0 Å². The van der Waals surface area contributed by atoms with Crippen molar-refractivity contribution < 1.29 is 19.1 Å². The summed E-state index contributed by atoms with van der Waals surface area (Å²) >= 11 is 0. The van der Waals surface area contributed by atoms with E-state index in [9.17, 15) is 9.59 Å². The Morgan fingerprint density at radius 1 is 1.13 bits per heavy atom. The number of para-hydroxylation sites is 1. The smallest absolute Gasteiger partial charge is 0.319 e. The summed E-state index contributed by atoms with van der Waals surface area (Å²) in [7, 11) is 1.39. The molecule has 6 heteroatoms. The fourth-order valence-corrected chi connectivity index (χ4v) is 2.02. The highest BCUT2D eigenvalue weighted by Gasteiger charge is 2.06. The molecular formula is C17H26N2O4. The second-order valence-electron chi connectivity index (χ2n) is 5.06. The first-order chi connectivity index (χ1) is 11.2. The topological polar surface area (TPSA) is 76.7 Å². The van der Waals surface area contributed by atoms with Crippen LogP contribution in [-0.4, -0.2) is 32.3 Å². The summed E-state index contributed by atoms with van der Waals surface area (Å²) < 4.78 is 9.96. The minimum Gasteiger partial charge on any atom is -0.469 e. The number of carbonyl (C=O) groups is 2. The van der Waals surface area contributed by atoms with Gasteiger partial charge in [-0.2, -0.15) is 0 Å². The van der Waals surface area contributed by atoms with E-state index in [1.807, 2.05) is 31.2 Å². The molecule has 0 aliphatic carbocycles. The minimum atomic E-state index is -0.234. The van der Waals surface area contributed by atoms with Gasteiger partial charge in [-0.25, -0.2) is 4.79 Å². The lowest BCUT2D eigenvalue weighted by Crippen LogP contribution is -2.30. The molecule has 0 heterocycles. The Morgan fingerprint density at radius 2 is 1.91 bits per heavy atom. The highest BCUT2D eigenvalue weighted by molar-refractivity contribution is 5.90. The van der Waals surface area contributed by atoms with Crippen LogP contribution in [0.25, 0.3) is 0 Å². The molecule has 0 aliphatic heterocycles. The van der Waals surface area contributed by atoms with Gasteiger partial charge in [-0.3, -0.25) is 4.79 Å². The third kappa shape index (κ3) is 8.21. The number of amides is 2. The maximum absolute atomic E-state index is 11.9. The van der Waals surface area contributed by atoms with Crippen molar-refractivity contribution >= 4 is 17.7 Å². The Morgan fingerprint density at radius 3 is 2.65 bits per heavy atom. The first-order valence-electron chi connectivity index (χ1n) is 7.94. The van der Waals surface area contributed by atoms with Crippen LogP contribution in [0.1, 0.15) is 38.2 Å². The van der Waals surface area contributed by atoms with Crippen molar-refractivity contribution in [3.05, 3.63) is 29.8 Å². The quantitative estimate of drug-likeness (QED) is 0.513. The summed E-state index contributed by atoms with van der Waals surface area (Å²) in [4.78, 5) is 22.8. The van der Waals surface area contributed by atoms with E-state index in [0.29, 0.717) is 26.2 Å². The van der Waals surface area contributed by atoms with Crippen molar-refractivity contribution in [1.82, 2.24) is 5.32 Å². The monoisotopic (exact) mass is 322 g/mol. The van der Waals surface area contributed by atoms with Gasteiger partial charge in [0.1, 0.15) is 0 Å². The van der Waals surface area contributed by atoms with Gasteiger partial charge in [0.15, 0.2) is 0 Å². The molecule has 0 fully saturated rings. The second kappa shape index (κ2) is 11.5. The predicted molar refractivity (Wildman–Crippen MR) is 89.3 cm³/mol. The fourth-order valence-electron chi connectivity index (χ4n) is 2.02. The number of methoxy groups -OCH3 is 1. The van der Waals surface area contributed by atoms with Gasteiger partial charge in [0.25, 0.3) is 0 Å². The normalized spacial score (nSPS) is 10.2. The molecule has 0 atom stereocenters. The Kier molecular flexibility index (Phi) is 9.47. The maximum Gasteiger partial charge on any atom is 0.319 e. The summed E-state index contributed by atoms with van der Waals surface area (Å²) in [6.07, 6.45) is 2.89. The standard InChI is InChI=1S/C17H26N2O4/c1-3-23-13-14-9-6-7-10-15(14)19-17(21)18-12-8-4-5-11-16(20)22-2/h6-7,9-10H,3-5,8,11-13H2,1-2H3,(H2,18,19,21). The number of benzene rings is 1. The molecule has 0 unspecified atom stereocenters. The number of nitrogens with one attached hydrogen (secondary N) is 2. The van der Waals surface area contributed by atoms with E-state index in [1.54, 1.807) is 0 Å². The molecule has 0 bridgehead atoms. The maximum atomic E-state index is 11.9. The van der Waals surface area contributed by atoms with Gasteiger partial charge in [0.2, 0.25) is 0 Å². The average Bonchev–Trinajstić information content (AvgIpc) is 2.56. The predicted octanol–water partition coefficient (Wildman–Crippen LogP) is 3.08. The molecule has 6 nitrogen and oxygen atoms in total. The van der Waals surface area contributed by atoms with Gasteiger partial charge in [-0.05, 0) is 25.8 Å². The summed E-state index contributed by atoms with van der Waals surface area (Å²) in [6, 6.07) is 7.33. The van der Waals surface area contributed by atoms with Gasteiger partial charge < -0.3 is 20.1 Å². The number of carbonyl (C=O) groups excluding carboxylic acids is 2. The molecule has 0 aromatic heterocycles. The lowest BCUT2D eigenvalue weighted by Gasteiger charge is -2.12. The zero-order chi connectivity index (χ0) is 16.9. The molecule has 1 aromatic carbocycles. The molecule has 1 aromatic rings. The Balaban J connectivity index is 2.25. The van der Waals surface area contributed by atoms with Crippen LogP contribution in [0, 0.1) is 0 Å². The first kappa shape index (κ1) is 19.0. The third-order valence-electron chi connectivity index (χ3n) is 3.30. The molecular weight excluding hydrogens is 296 g/mol. The van der Waals surface area contributed by atoms with E-state index < -0.39 is 0 Å². The van der Waals surface area contributed by atoms with Gasteiger partial charge >= 0.3 is 12.0 Å². The van der Waals surface area contributed by atoms with E-state index in [1.165, 1.54) is 7.11 Å². The first-order valence-corrected chi connectivity index (χ1v) is 7.94. The number of anilines is 1. The molecule has 0 spiro atoms. The highest BCUT2D eigenvalue weighted by Crippen LogP contribution is 2.15. The number of hydrogen-bond acceptors (Lipinski definition) is 4. The van der Waals surface area contributed by atoms with E-state index >= 15 is 0 Å². The molecule has 0 saturated carbocycles. The van der Waals surface area contributed by atoms with Gasteiger partial charge in [0.05, 0.1) is 13.7 Å². The van der Waals surface area contributed by atoms with Crippen molar-refractivity contribution in [2.75, 3.05) is 25.6 Å². The van der Waals surface area contributed by atoms with Crippen LogP contribution in [0.5, 0.6) is 0 Å². The van der Waals surface area contributed by atoms with Crippen LogP contribution >= 0.6 is 0 Å². The summed E-state index contributed by atoms with van der Waals surface area (Å²) in [6.45, 7) is 3.61. The van der Waals surface area contributed by atoms with Crippen LogP contribution in [0.3, 0.4) is 0 Å². The molecule has 128 valence electrons. The van der Waals surface area contributed by atoms with Crippen molar-refractivity contribution in [3.8, 4) is 0 Å². The zero-order valence-electron chi connectivity index (χ0n) is 13.9. The summed E-state index contributed by atoms with van der Waals surface area (Å²) in [5.74, 6) is -0.193. The van der Waals surface area contributed by atoms with Crippen LogP contribution in [-0.2, 0) is 20.9 Å². The lowest BCUT2D eigenvalue weighted by molar-refractivity contribution is -0.140. The van der Waals surface area contributed by atoms with Crippen LogP contribution in [0.15, 0.2) is 24.3 Å². The Hall–Kier alpha value is -2.08. The average molecular weight is 322 g/mol. The molecule has 0 saturated heterocycles. The van der Waals surface area contributed by atoms with Crippen molar-refractivity contribution in [3.63, 3.8) is 0 Å². The van der Waals surface area contributed by atoms with E-state index in [0.717, 1.165) is 30.5 Å². The minimum absolute atomic E-state index is 0.193. The molecule has 23 heavy (non-hydrogen) atoms. The van der Waals surface area contributed by atoms with Gasteiger partial charge in [-0.1, -0.05) is 24.6 Å². The zero-order valence-corrected chi connectivity index (χ0v) is 13.9. The molecule has 2 amide bonds. The molecule has 2 N–H and O–H groups in total. The Labute approximate surface area is 137 Å². The number of urea groups is 1. The summed E-state index contributed by atoms with van der Waals surface area (Å²) in [5, 5.41) is 5.64.